The number of nitro groups is 1. The normalized spacial score (nSPS) is 13.6. The molecular weight excluding hydrogens is 434 g/mol. The molecule has 2 amide bonds. The lowest BCUT2D eigenvalue weighted by molar-refractivity contribution is -0.384. The summed E-state index contributed by atoms with van der Waals surface area (Å²) in [7, 11) is 0. The molecule has 3 aromatic rings. The standard InChI is InChI=1S/C25H23N5O4/c1-15(31)27-14-17-2-6-18(7-3-17)24(28-19-8-4-16(13-26)5-9-19)23-21-12-20(30(33)34)10-11-22(21)29-25(23)32/h2-12,28H,13-14,26H2,1H3,(H,27,31)(H,29,32). The fraction of sp³-hybridized carbons (Fsp3) is 0.120. The molecule has 0 radical (unpaired) electrons. The van der Waals surface area contributed by atoms with Crippen molar-refractivity contribution in [2.24, 2.45) is 5.73 Å². The van der Waals surface area contributed by atoms with Crippen molar-refractivity contribution < 1.29 is 14.5 Å². The summed E-state index contributed by atoms with van der Waals surface area (Å²) in [6, 6.07) is 19.1. The Kier molecular flexibility index (Phi) is 6.37. The summed E-state index contributed by atoms with van der Waals surface area (Å²) in [4.78, 5) is 35.1. The Morgan fingerprint density at radius 3 is 2.32 bits per heavy atom. The number of nitrogens with two attached hydrogens (primary N) is 1. The van der Waals surface area contributed by atoms with Crippen molar-refractivity contribution in [3.05, 3.63) is 99.1 Å². The molecule has 172 valence electrons. The van der Waals surface area contributed by atoms with Gasteiger partial charge in [-0.1, -0.05) is 36.4 Å². The zero-order valence-electron chi connectivity index (χ0n) is 18.4. The molecule has 5 N–H and O–H groups in total. The van der Waals surface area contributed by atoms with Crippen LogP contribution in [0.5, 0.6) is 0 Å². The first-order chi connectivity index (χ1) is 16.4. The van der Waals surface area contributed by atoms with Gasteiger partial charge in [-0.05, 0) is 34.9 Å². The van der Waals surface area contributed by atoms with Gasteiger partial charge in [0, 0.05) is 49.1 Å². The maximum absolute atomic E-state index is 13.0. The molecule has 0 saturated heterocycles. The van der Waals surface area contributed by atoms with Crippen molar-refractivity contribution in [1.29, 1.82) is 0 Å². The lowest BCUT2D eigenvalue weighted by Gasteiger charge is -2.16. The summed E-state index contributed by atoms with van der Waals surface area (Å²) in [5.74, 6) is -0.491. The van der Waals surface area contributed by atoms with Crippen LogP contribution in [0.4, 0.5) is 17.1 Å². The third-order valence-corrected chi connectivity index (χ3v) is 5.45. The molecule has 0 atom stereocenters. The largest absolute Gasteiger partial charge is 0.354 e. The second-order valence-electron chi connectivity index (χ2n) is 7.82. The van der Waals surface area contributed by atoms with Crippen LogP contribution in [0.1, 0.15) is 29.2 Å². The number of nitrogens with zero attached hydrogens (tertiary/aromatic N) is 1. The second kappa shape index (κ2) is 9.55. The molecular formula is C25H23N5O4. The SMILES string of the molecule is CC(=O)NCc1ccc(C(Nc2ccc(CN)cc2)=C2C(=O)Nc3ccc([N+](=O)[O-])cc32)cc1. The summed E-state index contributed by atoms with van der Waals surface area (Å²) in [5.41, 5.74) is 10.6. The van der Waals surface area contributed by atoms with Crippen molar-refractivity contribution in [2.45, 2.75) is 20.0 Å². The number of benzene rings is 3. The Balaban J connectivity index is 1.82. The van der Waals surface area contributed by atoms with E-state index in [-0.39, 0.29) is 17.5 Å². The topological polar surface area (TPSA) is 139 Å². The molecule has 0 bridgehead atoms. The molecule has 1 aliphatic rings. The van der Waals surface area contributed by atoms with E-state index < -0.39 is 4.92 Å². The average molecular weight is 457 g/mol. The van der Waals surface area contributed by atoms with Gasteiger partial charge in [-0.3, -0.25) is 19.7 Å². The minimum atomic E-state index is -0.490. The molecule has 9 nitrogen and oxygen atoms in total. The van der Waals surface area contributed by atoms with E-state index >= 15 is 0 Å². The number of carbonyl (C=O) groups excluding carboxylic acids is 2. The number of amides is 2. The van der Waals surface area contributed by atoms with E-state index in [1.807, 2.05) is 48.5 Å². The summed E-state index contributed by atoms with van der Waals surface area (Å²) in [6.45, 7) is 2.24. The van der Waals surface area contributed by atoms with Crippen LogP contribution < -0.4 is 21.7 Å². The van der Waals surface area contributed by atoms with Crippen LogP contribution in [0, 0.1) is 10.1 Å². The third kappa shape index (κ3) is 4.79. The molecule has 9 heteroatoms. The second-order valence-corrected chi connectivity index (χ2v) is 7.82. The predicted molar refractivity (Wildman–Crippen MR) is 130 cm³/mol. The van der Waals surface area contributed by atoms with Gasteiger partial charge in [0.25, 0.3) is 11.6 Å². The van der Waals surface area contributed by atoms with Gasteiger partial charge in [-0.25, -0.2) is 0 Å². The highest BCUT2D eigenvalue weighted by atomic mass is 16.6. The fourth-order valence-electron chi connectivity index (χ4n) is 3.68. The van der Waals surface area contributed by atoms with Crippen LogP contribution in [0.2, 0.25) is 0 Å². The minimum Gasteiger partial charge on any atom is -0.354 e. The summed E-state index contributed by atoms with van der Waals surface area (Å²) < 4.78 is 0. The van der Waals surface area contributed by atoms with Crippen LogP contribution >= 0.6 is 0 Å². The summed E-state index contributed by atoms with van der Waals surface area (Å²) in [6.07, 6.45) is 0. The van der Waals surface area contributed by atoms with E-state index in [0.717, 1.165) is 16.8 Å². The zero-order chi connectivity index (χ0) is 24.2. The van der Waals surface area contributed by atoms with Gasteiger partial charge in [-0.2, -0.15) is 0 Å². The molecule has 1 aliphatic heterocycles. The number of fused-ring (bicyclic) bond motifs is 1. The Hall–Kier alpha value is -4.50. The molecule has 0 saturated carbocycles. The van der Waals surface area contributed by atoms with Crippen molar-refractivity contribution >= 4 is 40.1 Å². The average Bonchev–Trinajstić information content (AvgIpc) is 3.16. The van der Waals surface area contributed by atoms with Crippen LogP contribution in [-0.2, 0) is 22.7 Å². The van der Waals surface area contributed by atoms with E-state index in [2.05, 4.69) is 16.0 Å². The van der Waals surface area contributed by atoms with Gasteiger partial charge >= 0.3 is 0 Å². The van der Waals surface area contributed by atoms with Gasteiger partial charge in [0.15, 0.2) is 0 Å². The molecule has 4 rings (SSSR count). The Morgan fingerprint density at radius 2 is 1.71 bits per heavy atom. The first kappa shape index (κ1) is 22.7. The maximum Gasteiger partial charge on any atom is 0.270 e. The summed E-state index contributed by atoms with van der Waals surface area (Å²) in [5, 5.41) is 20.2. The fourth-order valence-corrected chi connectivity index (χ4v) is 3.68. The van der Waals surface area contributed by atoms with E-state index in [4.69, 9.17) is 5.73 Å². The number of hydrogen-bond acceptors (Lipinski definition) is 6. The van der Waals surface area contributed by atoms with E-state index in [9.17, 15) is 19.7 Å². The van der Waals surface area contributed by atoms with Crippen LogP contribution in [0.25, 0.3) is 11.3 Å². The first-order valence-corrected chi connectivity index (χ1v) is 10.6. The number of non-ortho nitro benzene ring substituents is 1. The molecule has 0 fully saturated rings. The van der Waals surface area contributed by atoms with Crippen molar-refractivity contribution in [1.82, 2.24) is 5.32 Å². The van der Waals surface area contributed by atoms with Gasteiger partial charge in [0.05, 0.1) is 16.2 Å². The van der Waals surface area contributed by atoms with Crippen LogP contribution in [0.3, 0.4) is 0 Å². The smallest absolute Gasteiger partial charge is 0.270 e. The number of anilines is 2. The number of nitro benzene ring substituents is 1. The van der Waals surface area contributed by atoms with Crippen molar-refractivity contribution in [3.63, 3.8) is 0 Å². The molecule has 0 aromatic heterocycles. The number of rotatable bonds is 7. The molecule has 1 heterocycles. The van der Waals surface area contributed by atoms with Crippen molar-refractivity contribution in [2.75, 3.05) is 10.6 Å². The molecule has 0 aliphatic carbocycles. The monoisotopic (exact) mass is 457 g/mol. The Labute approximate surface area is 195 Å². The van der Waals surface area contributed by atoms with E-state index in [0.29, 0.717) is 41.2 Å². The Bertz CT molecular complexity index is 1300. The van der Waals surface area contributed by atoms with Crippen LogP contribution in [-0.4, -0.2) is 16.7 Å². The third-order valence-electron chi connectivity index (χ3n) is 5.45. The predicted octanol–water partition coefficient (Wildman–Crippen LogP) is 3.62. The zero-order valence-corrected chi connectivity index (χ0v) is 18.4. The highest BCUT2D eigenvalue weighted by Crippen LogP contribution is 2.39. The molecule has 0 unspecified atom stereocenters. The van der Waals surface area contributed by atoms with Gasteiger partial charge < -0.3 is 21.7 Å². The van der Waals surface area contributed by atoms with E-state index in [1.54, 1.807) is 0 Å². The first-order valence-electron chi connectivity index (χ1n) is 10.6. The highest BCUT2D eigenvalue weighted by molar-refractivity contribution is 6.37. The number of carbonyl (C=O) groups is 2. The van der Waals surface area contributed by atoms with Crippen molar-refractivity contribution in [3.8, 4) is 0 Å². The quantitative estimate of drug-likeness (QED) is 0.243. The van der Waals surface area contributed by atoms with E-state index in [1.165, 1.54) is 25.1 Å². The Morgan fingerprint density at radius 1 is 1.03 bits per heavy atom. The molecule has 0 spiro atoms. The summed E-state index contributed by atoms with van der Waals surface area (Å²) >= 11 is 0. The number of hydrogen-bond donors (Lipinski definition) is 4. The lowest BCUT2D eigenvalue weighted by atomic mass is 9.98. The molecule has 34 heavy (non-hydrogen) atoms. The van der Waals surface area contributed by atoms with Gasteiger partial charge in [0.1, 0.15) is 0 Å². The van der Waals surface area contributed by atoms with Crippen LogP contribution in [0.15, 0.2) is 66.7 Å². The number of nitrogens with one attached hydrogen (secondary N) is 3. The lowest BCUT2D eigenvalue weighted by Crippen LogP contribution is -2.18. The minimum absolute atomic E-state index is 0.106. The highest BCUT2D eigenvalue weighted by Gasteiger charge is 2.30. The molecule has 3 aromatic carbocycles. The van der Waals surface area contributed by atoms with Gasteiger partial charge in [0.2, 0.25) is 5.91 Å². The maximum atomic E-state index is 13.0. The van der Waals surface area contributed by atoms with Gasteiger partial charge in [-0.15, -0.1) is 0 Å².